The van der Waals surface area contributed by atoms with Gasteiger partial charge in [-0.2, -0.15) is 0 Å². The van der Waals surface area contributed by atoms with E-state index >= 15 is 0 Å². The largest absolute Gasteiger partial charge is 0.368 e. The highest BCUT2D eigenvalue weighted by atomic mass is 32.1. The molecule has 1 atom stereocenters. The summed E-state index contributed by atoms with van der Waals surface area (Å²) in [6, 6.07) is 0. The van der Waals surface area contributed by atoms with Crippen molar-refractivity contribution >= 4 is 11.3 Å². The highest BCUT2D eigenvalue weighted by Gasteiger charge is 2.30. The standard InChI is InChI=1S/C10H12OS/c1-2-4-10-7(3-1)8(6-12-10)9-5-11-9/h6,9H,1-5H2. The molecule has 0 saturated carbocycles. The highest BCUT2D eigenvalue weighted by Crippen LogP contribution is 2.39. The van der Waals surface area contributed by atoms with E-state index in [-0.39, 0.29) is 0 Å². The zero-order valence-corrected chi connectivity index (χ0v) is 7.82. The van der Waals surface area contributed by atoms with E-state index < -0.39 is 0 Å². The first-order valence-corrected chi connectivity index (χ1v) is 5.54. The lowest BCUT2D eigenvalue weighted by Crippen LogP contribution is -2.00. The Morgan fingerprint density at radius 2 is 2.17 bits per heavy atom. The van der Waals surface area contributed by atoms with Gasteiger partial charge in [-0.25, -0.2) is 0 Å². The van der Waals surface area contributed by atoms with Crippen LogP contribution in [0.5, 0.6) is 0 Å². The van der Waals surface area contributed by atoms with E-state index in [1.165, 1.54) is 31.2 Å². The van der Waals surface area contributed by atoms with Crippen molar-refractivity contribution in [3.8, 4) is 0 Å². The van der Waals surface area contributed by atoms with Crippen LogP contribution in [0.4, 0.5) is 0 Å². The summed E-state index contributed by atoms with van der Waals surface area (Å²) >= 11 is 1.94. The van der Waals surface area contributed by atoms with Gasteiger partial charge < -0.3 is 4.74 Å². The van der Waals surface area contributed by atoms with Crippen LogP contribution in [0.1, 0.15) is 34.9 Å². The summed E-state index contributed by atoms with van der Waals surface area (Å²) in [5.74, 6) is 0. The average Bonchev–Trinajstić information content (AvgIpc) is 2.86. The molecule has 12 heavy (non-hydrogen) atoms. The van der Waals surface area contributed by atoms with Gasteiger partial charge in [0.2, 0.25) is 0 Å². The van der Waals surface area contributed by atoms with E-state index in [0.29, 0.717) is 6.10 Å². The Hall–Kier alpha value is -0.340. The quantitative estimate of drug-likeness (QED) is 0.605. The Bertz CT molecular complexity index is 299. The number of epoxide rings is 1. The minimum absolute atomic E-state index is 0.475. The molecule has 2 aliphatic rings. The molecule has 0 bridgehead atoms. The van der Waals surface area contributed by atoms with Crippen LogP contribution < -0.4 is 0 Å². The van der Waals surface area contributed by atoms with Gasteiger partial charge in [-0.05, 0) is 42.2 Å². The monoisotopic (exact) mass is 180 g/mol. The molecule has 2 heteroatoms. The van der Waals surface area contributed by atoms with E-state index in [1.54, 1.807) is 10.4 Å². The van der Waals surface area contributed by atoms with Crippen molar-refractivity contribution in [1.82, 2.24) is 0 Å². The van der Waals surface area contributed by atoms with Gasteiger partial charge in [0.05, 0.1) is 6.61 Å². The molecule has 3 rings (SSSR count). The number of rotatable bonds is 1. The van der Waals surface area contributed by atoms with E-state index in [2.05, 4.69) is 5.38 Å². The van der Waals surface area contributed by atoms with Crippen molar-refractivity contribution in [2.75, 3.05) is 6.61 Å². The molecule has 1 saturated heterocycles. The number of ether oxygens (including phenoxy) is 1. The Morgan fingerprint density at radius 1 is 1.33 bits per heavy atom. The molecule has 1 nitrogen and oxygen atoms in total. The van der Waals surface area contributed by atoms with Gasteiger partial charge in [-0.15, -0.1) is 11.3 Å². The summed E-state index contributed by atoms with van der Waals surface area (Å²) in [5, 5.41) is 2.31. The minimum Gasteiger partial charge on any atom is -0.368 e. The van der Waals surface area contributed by atoms with E-state index in [4.69, 9.17) is 4.74 Å². The maximum Gasteiger partial charge on any atom is 0.107 e. The highest BCUT2D eigenvalue weighted by molar-refractivity contribution is 7.10. The molecule has 2 heterocycles. The van der Waals surface area contributed by atoms with Crippen molar-refractivity contribution in [2.24, 2.45) is 0 Å². The fourth-order valence-corrected chi connectivity index (χ4v) is 3.20. The molecule has 0 amide bonds. The molecule has 64 valence electrons. The lowest BCUT2D eigenvalue weighted by molar-refractivity contribution is 0.414. The van der Waals surface area contributed by atoms with Gasteiger partial charge in [-0.1, -0.05) is 0 Å². The van der Waals surface area contributed by atoms with Gasteiger partial charge >= 0.3 is 0 Å². The summed E-state index contributed by atoms with van der Waals surface area (Å²) in [5.41, 5.74) is 3.14. The third kappa shape index (κ3) is 1.02. The molecule has 0 N–H and O–H groups in total. The van der Waals surface area contributed by atoms with Crippen LogP contribution >= 0.6 is 11.3 Å². The predicted molar refractivity (Wildman–Crippen MR) is 49.7 cm³/mol. The summed E-state index contributed by atoms with van der Waals surface area (Å²) in [4.78, 5) is 1.63. The van der Waals surface area contributed by atoms with Gasteiger partial charge in [0.25, 0.3) is 0 Å². The van der Waals surface area contributed by atoms with E-state index in [0.717, 1.165) is 6.61 Å². The summed E-state index contributed by atoms with van der Waals surface area (Å²) in [7, 11) is 0. The van der Waals surface area contributed by atoms with Crippen molar-refractivity contribution < 1.29 is 4.74 Å². The second-order valence-electron chi connectivity index (χ2n) is 3.62. The van der Waals surface area contributed by atoms with Crippen molar-refractivity contribution in [3.63, 3.8) is 0 Å². The minimum atomic E-state index is 0.475. The maximum absolute atomic E-state index is 5.33. The lowest BCUT2D eigenvalue weighted by Gasteiger charge is -2.11. The topological polar surface area (TPSA) is 12.5 Å². The Morgan fingerprint density at radius 3 is 3.00 bits per heavy atom. The van der Waals surface area contributed by atoms with Crippen LogP contribution in [0.2, 0.25) is 0 Å². The first-order valence-electron chi connectivity index (χ1n) is 4.66. The smallest absolute Gasteiger partial charge is 0.107 e. The molecule has 1 aliphatic carbocycles. The van der Waals surface area contributed by atoms with Crippen molar-refractivity contribution in [1.29, 1.82) is 0 Å². The van der Waals surface area contributed by atoms with Gasteiger partial charge in [0.1, 0.15) is 6.10 Å². The van der Waals surface area contributed by atoms with Crippen molar-refractivity contribution in [2.45, 2.75) is 31.8 Å². The van der Waals surface area contributed by atoms with Crippen LogP contribution in [-0.2, 0) is 17.6 Å². The number of thiophene rings is 1. The fraction of sp³-hybridized carbons (Fsp3) is 0.600. The van der Waals surface area contributed by atoms with Crippen LogP contribution in [-0.4, -0.2) is 6.61 Å². The van der Waals surface area contributed by atoms with Crippen LogP contribution in [0, 0.1) is 0 Å². The third-order valence-corrected chi connectivity index (χ3v) is 3.88. The third-order valence-electron chi connectivity index (χ3n) is 2.77. The number of hydrogen-bond donors (Lipinski definition) is 0. The summed E-state index contributed by atoms with van der Waals surface area (Å²) < 4.78 is 5.33. The van der Waals surface area contributed by atoms with Gasteiger partial charge in [0, 0.05) is 4.88 Å². The molecule has 1 fully saturated rings. The second-order valence-corrected chi connectivity index (χ2v) is 4.59. The van der Waals surface area contributed by atoms with E-state index in [1.807, 2.05) is 11.3 Å². The average molecular weight is 180 g/mol. The van der Waals surface area contributed by atoms with Crippen LogP contribution in [0.25, 0.3) is 0 Å². The molecular weight excluding hydrogens is 168 g/mol. The molecule has 1 aromatic heterocycles. The molecular formula is C10H12OS. The number of aryl methyl sites for hydroxylation is 1. The lowest BCUT2D eigenvalue weighted by atomic mass is 9.95. The molecule has 1 aliphatic heterocycles. The van der Waals surface area contributed by atoms with Gasteiger partial charge in [0.15, 0.2) is 0 Å². The molecule has 0 aromatic carbocycles. The summed E-state index contributed by atoms with van der Waals surface area (Å²) in [6.07, 6.45) is 5.85. The molecule has 1 aromatic rings. The Balaban J connectivity index is 2.03. The van der Waals surface area contributed by atoms with Gasteiger partial charge in [-0.3, -0.25) is 0 Å². The molecule has 0 spiro atoms. The van der Waals surface area contributed by atoms with Crippen LogP contribution in [0.15, 0.2) is 5.38 Å². The number of hydrogen-bond acceptors (Lipinski definition) is 2. The summed E-state index contributed by atoms with van der Waals surface area (Å²) in [6.45, 7) is 0.961. The molecule has 1 unspecified atom stereocenters. The SMILES string of the molecule is c1sc2c(c1C1CO1)CCCC2. The van der Waals surface area contributed by atoms with Crippen molar-refractivity contribution in [3.05, 3.63) is 21.4 Å². The Labute approximate surface area is 76.4 Å². The zero-order chi connectivity index (χ0) is 7.97. The molecule has 0 radical (unpaired) electrons. The zero-order valence-electron chi connectivity index (χ0n) is 7.01. The Kier molecular flexibility index (Phi) is 1.52. The first-order chi connectivity index (χ1) is 5.95. The predicted octanol–water partition coefficient (Wildman–Crippen LogP) is 2.70. The number of fused-ring (bicyclic) bond motifs is 1. The maximum atomic E-state index is 5.33. The fourth-order valence-electron chi connectivity index (χ4n) is 2.02. The second kappa shape index (κ2) is 2.57. The first kappa shape index (κ1) is 7.10. The van der Waals surface area contributed by atoms with Crippen LogP contribution in [0.3, 0.4) is 0 Å². The normalized spacial score (nSPS) is 26.8. The van der Waals surface area contributed by atoms with E-state index in [9.17, 15) is 0 Å².